The van der Waals surface area contributed by atoms with E-state index < -0.39 is 0 Å². The molecule has 104 valence electrons. The van der Waals surface area contributed by atoms with Gasteiger partial charge < -0.3 is 5.32 Å². The Morgan fingerprint density at radius 2 is 1.84 bits per heavy atom. The average Bonchev–Trinajstić information content (AvgIpc) is 3.16. The average molecular weight is 257 g/mol. The summed E-state index contributed by atoms with van der Waals surface area (Å²) in [6, 6.07) is 11.9. The first-order chi connectivity index (χ1) is 9.35. The molecule has 0 heterocycles. The number of rotatable bonds is 6. The molecule has 0 radical (unpaired) electrons. The molecule has 19 heavy (non-hydrogen) atoms. The summed E-state index contributed by atoms with van der Waals surface area (Å²) in [6.07, 6.45) is 11.3. The van der Waals surface area contributed by atoms with Crippen LogP contribution in [-0.2, 0) is 5.41 Å². The number of likely N-dealkylation sites (N-methyl/N-ethyl adjacent to an activating group) is 1. The summed E-state index contributed by atoms with van der Waals surface area (Å²) >= 11 is 0. The molecular formula is C18H27N. The fourth-order valence-electron chi connectivity index (χ4n) is 4.12. The summed E-state index contributed by atoms with van der Waals surface area (Å²) in [5.74, 6) is 1.05. The van der Waals surface area contributed by atoms with Crippen molar-refractivity contribution in [1.29, 1.82) is 0 Å². The van der Waals surface area contributed by atoms with Crippen molar-refractivity contribution in [3.05, 3.63) is 35.9 Å². The van der Waals surface area contributed by atoms with Gasteiger partial charge in [0.1, 0.15) is 0 Å². The van der Waals surface area contributed by atoms with Crippen molar-refractivity contribution in [2.45, 2.75) is 62.8 Å². The van der Waals surface area contributed by atoms with Gasteiger partial charge in [0, 0.05) is 11.5 Å². The molecular weight excluding hydrogens is 230 g/mol. The first-order valence-electron chi connectivity index (χ1n) is 8.08. The molecule has 0 spiro atoms. The van der Waals surface area contributed by atoms with Gasteiger partial charge in [0.25, 0.3) is 0 Å². The Morgan fingerprint density at radius 1 is 1.16 bits per heavy atom. The molecule has 1 nitrogen and oxygen atoms in total. The van der Waals surface area contributed by atoms with Crippen LogP contribution in [0.4, 0.5) is 0 Å². The Balaban J connectivity index is 1.81. The smallest absolute Gasteiger partial charge is 0.0161 e. The fraction of sp³-hybridized carbons (Fsp3) is 0.667. The molecule has 0 aliphatic heterocycles. The monoisotopic (exact) mass is 257 g/mol. The maximum absolute atomic E-state index is 3.67. The Bertz CT molecular complexity index is 387. The Labute approximate surface area is 117 Å². The van der Waals surface area contributed by atoms with Crippen molar-refractivity contribution in [3.8, 4) is 0 Å². The number of nitrogens with one attached hydrogen (secondary N) is 1. The zero-order valence-electron chi connectivity index (χ0n) is 12.2. The SMILES string of the molecule is CNC(CCC1CC1)C1(c2ccccc2)CCCC1. The second-order valence-corrected chi connectivity index (χ2v) is 6.59. The first kappa shape index (κ1) is 13.2. The van der Waals surface area contributed by atoms with Crippen molar-refractivity contribution in [1.82, 2.24) is 5.32 Å². The minimum absolute atomic E-state index is 0.408. The van der Waals surface area contributed by atoms with E-state index in [9.17, 15) is 0 Å². The van der Waals surface area contributed by atoms with Crippen LogP contribution in [0, 0.1) is 5.92 Å². The summed E-state index contributed by atoms with van der Waals surface area (Å²) in [5, 5.41) is 3.67. The van der Waals surface area contributed by atoms with Gasteiger partial charge in [0.05, 0.1) is 0 Å². The van der Waals surface area contributed by atoms with Crippen LogP contribution >= 0.6 is 0 Å². The normalized spacial score (nSPS) is 23.4. The van der Waals surface area contributed by atoms with E-state index in [1.165, 1.54) is 51.4 Å². The highest BCUT2D eigenvalue weighted by Crippen LogP contribution is 2.46. The lowest BCUT2D eigenvalue weighted by molar-refractivity contribution is 0.286. The van der Waals surface area contributed by atoms with Gasteiger partial charge in [0.15, 0.2) is 0 Å². The fourth-order valence-corrected chi connectivity index (χ4v) is 4.12. The van der Waals surface area contributed by atoms with Crippen molar-refractivity contribution in [2.75, 3.05) is 7.05 Å². The van der Waals surface area contributed by atoms with Crippen LogP contribution in [0.1, 0.15) is 56.9 Å². The van der Waals surface area contributed by atoms with E-state index in [0.29, 0.717) is 11.5 Å². The molecule has 3 rings (SSSR count). The van der Waals surface area contributed by atoms with E-state index in [0.717, 1.165) is 5.92 Å². The highest BCUT2D eigenvalue weighted by atomic mass is 14.9. The molecule has 1 atom stereocenters. The van der Waals surface area contributed by atoms with Gasteiger partial charge in [-0.1, -0.05) is 56.0 Å². The Morgan fingerprint density at radius 3 is 2.42 bits per heavy atom. The second kappa shape index (κ2) is 5.66. The predicted octanol–water partition coefficient (Wildman–Crippen LogP) is 4.28. The molecule has 1 aromatic carbocycles. The van der Waals surface area contributed by atoms with Gasteiger partial charge in [-0.25, -0.2) is 0 Å². The maximum Gasteiger partial charge on any atom is 0.0161 e. The third-order valence-electron chi connectivity index (χ3n) is 5.42. The van der Waals surface area contributed by atoms with Crippen LogP contribution in [0.15, 0.2) is 30.3 Å². The molecule has 1 heteroatoms. The largest absolute Gasteiger partial charge is 0.316 e. The van der Waals surface area contributed by atoms with Crippen LogP contribution in [0.5, 0.6) is 0 Å². The second-order valence-electron chi connectivity index (χ2n) is 6.59. The summed E-state index contributed by atoms with van der Waals surface area (Å²) in [4.78, 5) is 0. The molecule has 2 fully saturated rings. The van der Waals surface area contributed by atoms with Gasteiger partial charge in [0.2, 0.25) is 0 Å². The molecule has 1 aromatic rings. The minimum atomic E-state index is 0.408. The van der Waals surface area contributed by atoms with Gasteiger partial charge in [-0.3, -0.25) is 0 Å². The summed E-state index contributed by atoms with van der Waals surface area (Å²) < 4.78 is 0. The third-order valence-corrected chi connectivity index (χ3v) is 5.42. The summed E-state index contributed by atoms with van der Waals surface area (Å²) in [7, 11) is 2.17. The number of hydrogen-bond acceptors (Lipinski definition) is 1. The van der Waals surface area contributed by atoms with E-state index in [1.54, 1.807) is 5.56 Å². The maximum atomic E-state index is 3.67. The van der Waals surface area contributed by atoms with Crippen LogP contribution in [0.25, 0.3) is 0 Å². The van der Waals surface area contributed by atoms with E-state index in [4.69, 9.17) is 0 Å². The summed E-state index contributed by atoms with van der Waals surface area (Å²) in [5.41, 5.74) is 1.98. The van der Waals surface area contributed by atoms with Crippen molar-refractivity contribution < 1.29 is 0 Å². The predicted molar refractivity (Wildman–Crippen MR) is 81.4 cm³/mol. The first-order valence-corrected chi connectivity index (χ1v) is 8.08. The van der Waals surface area contributed by atoms with Crippen LogP contribution in [-0.4, -0.2) is 13.1 Å². The Kier molecular flexibility index (Phi) is 3.93. The molecule has 0 bridgehead atoms. The molecule has 1 unspecified atom stereocenters. The van der Waals surface area contributed by atoms with Crippen molar-refractivity contribution in [3.63, 3.8) is 0 Å². The lowest BCUT2D eigenvalue weighted by Gasteiger charge is -2.38. The van der Waals surface area contributed by atoms with Crippen LogP contribution < -0.4 is 5.32 Å². The molecule has 2 saturated carbocycles. The van der Waals surface area contributed by atoms with E-state index in [-0.39, 0.29) is 0 Å². The lowest BCUT2D eigenvalue weighted by atomic mass is 9.71. The molecule has 2 aliphatic rings. The number of benzene rings is 1. The molecule has 1 N–H and O–H groups in total. The highest BCUT2D eigenvalue weighted by molar-refractivity contribution is 5.29. The van der Waals surface area contributed by atoms with Gasteiger partial charge in [-0.05, 0) is 44.2 Å². The van der Waals surface area contributed by atoms with Crippen LogP contribution in [0.3, 0.4) is 0 Å². The van der Waals surface area contributed by atoms with E-state index >= 15 is 0 Å². The molecule has 2 aliphatic carbocycles. The molecule has 0 amide bonds. The summed E-state index contributed by atoms with van der Waals surface area (Å²) in [6.45, 7) is 0. The Hall–Kier alpha value is -0.820. The third kappa shape index (κ3) is 2.72. The van der Waals surface area contributed by atoms with E-state index in [2.05, 4.69) is 42.7 Å². The highest BCUT2D eigenvalue weighted by Gasteiger charge is 2.42. The molecule has 0 aromatic heterocycles. The lowest BCUT2D eigenvalue weighted by Crippen LogP contribution is -2.45. The van der Waals surface area contributed by atoms with Gasteiger partial charge >= 0.3 is 0 Å². The van der Waals surface area contributed by atoms with Crippen LogP contribution in [0.2, 0.25) is 0 Å². The van der Waals surface area contributed by atoms with Gasteiger partial charge in [-0.2, -0.15) is 0 Å². The minimum Gasteiger partial charge on any atom is -0.316 e. The molecule has 0 saturated heterocycles. The standard InChI is InChI=1S/C18H27N/c1-19-17(12-11-15-9-10-15)18(13-5-6-14-18)16-7-3-2-4-8-16/h2-4,7-8,15,17,19H,5-6,9-14H2,1H3. The number of hydrogen-bond donors (Lipinski definition) is 1. The zero-order valence-corrected chi connectivity index (χ0v) is 12.2. The van der Waals surface area contributed by atoms with Gasteiger partial charge in [-0.15, -0.1) is 0 Å². The van der Waals surface area contributed by atoms with Crippen molar-refractivity contribution >= 4 is 0 Å². The zero-order chi connectivity index (χ0) is 13.1. The quantitative estimate of drug-likeness (QED) is 0.802. The van der Waals surface area contributed by atoms with Crippen molar-refractivity contribution in [2.24, 2.45) is 5.92 Å². The topological polar surface area (TPSA) is 12.0 Å². The van der Waals surface area contributed by atoms with E-state index in [1.807, 2.05) is 0 Å².